The lowest BCUT2D eigenvalue weighted by Crippen LogP contribution is -2.39. The van der Waals surface area contributed by atoms with Crippen LogP contribution in [0.2, 0.25) is 0 Å². The quantitative estimate of drug-likeness (QED) is 0.824. The molecule has 1 aromatic rings. The number of carbonyl (C=O) groups excluding carboxylic acids is 2. The first kappa shape index (κ1) is 17.9. The SMILES string of the molecule is O=C(NCc1ccccn1)C1CCC(C(=O)NCC2CCCO2)CC1. The van der Waals surface area contributed by atoms with E-state index in [9.17, 15) is 9.59 Å². The van der Waals surface area contributed by atoms with Crippen molar-refractivity contribution in [1.29, 1.82) is 0 Å². The molecule has 0 aromatic carbocycles. The number of amides is 2. The zero-order chi connectivity index (χ0) is 17.5. The Hall–Kier alpha value is -1.95. The summed E-state index contributed by atoms with van der Waals surface area (Å²) in [5.74, 6) is 0.221. The van der Waals surface area contributed by atoms with Gasteiger partial charge in [0, 0.05) is 31.2 Å². The molecule has 1 atom stereocenters. The second-order valence-electron chi connectivity index (χ2n) is 6.97. The minimum absolute atomic E-state index is 0.00549. The number of aromatic nitrogens is 1. The van der Waals surface area contributed by atoms with Crippen LogP contribution < -0.4 is 10.6 Å². The van der Waals surface area contributed by atoms with Gasteiger partial charge >= 0.3 is 0 Å². The van der Waals surface area contributed by atoms with Crippen molar-refractivity contribution in [2.75, 3.05) is 13.2 Å². The summed E-state index contributed by atoms with van der Waals surface area (Å²) in [5.41, 5.74) is 0.859. The van der Waals surface area contributed by atoms with Crippen LogP contribution in [0, 0.1) is 11.8 Å². The monoisotopic (exact) mass is 345 g/mol. The first-order valence-electron chi connectivity index (χ1n) is 9.29. The largest absolute Gasteiger partial charge is 0.376 e. The summed E-state index contributed by atoms with van der Waals surface area (Å²) in [7, 11) is 0. The molecule has 2 aliphatic rings. The van der Waals surface area contributed by atoms with Gasteiger partial charge in [-0.25, -0.2) is 0 Å². The molecule has 1 saturated heterocycles. The molecule has 1 aliphatic carbocycles. The van der Waals surface area contributed by atoms with Crippen molar-refractivity contribution >= 4 is 11.8 Å². The van der Waals surface area contributed by atoms with E-state index >= 15 is 0 Å². The molecule has 0 radical (unpaired) electrons. The van der Waals surface area contributed by atoms with Crippen LogP contribution in [0.15, 0.2) is 24.4 Å². The van der Waals surface area contributed by atoms with Crippen LogP contribution >= 0.6 is 0 Å². The van der Waals surface area contributed by atoms with Gasteiger partial charge in [0.2, 0.25) is 11.8 Å². The fourth-order valence-electron chi connectivity index (χ4n) is 3.61. The van der Waals surface area contributed by atoms with Crippen LogP contribution in [-0.2, 0) is 20.9 Å². The summed E-state index contributed by atoms with van der Waals surface area (Å²) in [6.07, 6.45) is 7.11. The van der Waals surface area contributed by atoms with Gasteiger partial charge in [-0.05, 0) is 50.7 Å². The minimum Gasteiger partial charge on any atom is -0.376 e. The van der Waals surface area contributed by atoms with Crippen molar-refractivity contribution in [3.63, 3.8) is 0 Å². The third kappa shape index (κ3) is 5.26. The van der Waals surface area contributed by atoms with Gasteiger partial charge in [0.15, 0.2) is 0 Å². The Balaban J connectivity index is 1.35. The summed E-state index contributed by atoms with van der Waals surface area (Å²) in [4.78, 5) is 28.8. The molecule has 2 N–H and O–H groups in total. The van der Waals surface area contributed by atoms with Crippen LogP contribution in [0.1, 0.15) is 44.2 Å². The predicted molar refractivity (Wildman–Crippen MR) is 93.5 cm³/mol. The van der Waals surface area contributed by atoms with E-state index < -0.39 is 0 Å². The Labute approximate surface area is 148 Å². The van der Waals surface area contributed by atoms with E-state index in [1.54, 1.807) is 6.20 Å². The van der Waals surface area contributed by atoms with Crippen molar-refractivity contribution in [1.82, 2.24) is 15.6 Å². The number of hydrogen-bond acceptors (Lipinski definition) is 4. The number of nitrogens with one attached hydrogen (secondary N) is 2. The molecule has 3 rings (SSSR count). The smallest absolute Gasteiger partial charge is 0.223 e. The first-order chi connectivity index (χ1) is 12.2. The maximum atomic E-state index is 12.3. The van der Waals surface area contributed by atoms with Crippen LogP contribution in [0.4, 0.5) is 0 Å². The molecule has 136 valence electrons. The lowest BCUT2D eigenvalue weighted by molar-refractivity contribution is -0.130. The molecule has 6 nitrogen and oxygen atoms in total. The van der Waals surface area contributed by atoms with Gasteiger partial charge in [-0.1, -0.05) is 6.07 Å². The van der Waals surface area contributed by atoms with Gasteiger partial charge in [0.05, 0.1) is 18.3 Å². The highest BCUT2D eigenvalue weighted by atomic mass is 16.5. The van der Waals surface area contributed by atoms with Gasteiger partial charge in [0.25, 0.3) is 0 Å². The number of hydrogen-bond donors (Lipinski definition) is 2. The third-order valence-electron chi connectivity index (χ3n) is 5.17. The van der Waals surface area contributed by atoms with E-state index in [4.69, 9.17) is 4.74 Å². The van der Waals surface area contributed by atoms with Gasteiger partial charge in [-0.3, -0.25) is 14.6 Å². The summed E-state index contributed by atoms with van der Waals surface area (Å²) in [6.45, 7) is 1.88. The lowest BCUT2D eigenvalue weighted by Gasteiger charge is -2.27. The van der Waals surface area contributed by atoms with Crippen LogP contribution in [0.3, 0.4) is 0 Å². The summed E-state index contributed by atoms with van der Waals surface area (Å²) in [5, 5.41) is 5.97. The zero-order valence-electron chi connectivity index (χ0n) is 14.6. The molecular formula is C19H27N3O3. The molecule has 1 aromatic heterocycles. The van der Waals surface area contributed by atoms with Gasteiger partial charge in [0.1, 0.15) is 0 Å². The van der Waals surface area contributed by atoms with Crippen molar-refractivity contribution in [3.8, 4) is 0 Å². The number of pyridine rings is 1. The number of ether oxygens (including phenoxy) is 1. The van der Waals surface area contributed by atoms with E-state index in [1.807, 2.05) is 18.2 Å². The van der Waals surface area contributed by atoms with Crippen molar-refractivity contribution in [2.24, 2.45) is 11.8 Å². The average molecular weight is 345 g/mol. The van der Waals surface area contributed by atoms with Crippen molar-refractivity contribution in [2.45, 2.75) is 51.2 Å². The standard InChI is InChI=1S/C19H27N3O3/c23-18(21-12-16-4-1-2-10-20-16)14-6-8-15(9-7-14)19(24)22-13-17-5-3-11-25-17/h1-2,4,10,14-15,17H,3,5-9,11-13H2,(H,21,23)(H,22,24). The molecule has 1 aliphatic heterocycles. The lowest BCUT2D eigenvalue weighted by atomic mass is 9.81. The summed E-state index contributed by atoms with van der Waals surface area (Å²) in [6, 6.07) is 5.67. The second kappa shape index (κ2) is 8.94. The van der Waals surface area contributed by atoms with Crippen molar-refractivity contribution < 1.29 is 14.3 Å². The van der Waals surface area contributed by atoms with E-state index in [-0.39, 0.29) is 29.8 Å². The number of carbonyl (C=O) groups is 2. The Kier molecular flexibility index (Phi) is 6.39. The maximum absolute atomic E-state index is 12.3. The van der Waals surface area contributed by atoms with Crippen LogP contribution in [0.5, 0.6) is 0 Å². The van der Waals surface area contributed by atoms with Gasteiger partial charge in [-0.2, -0.15) is 0 Å². The van der Waals surface area contributed by atoms with Crippen LogP contribution in [0.25, 0.3) is 0 Å². The first-order valence-corrected chi connectivity index (χ1v) is 9.29. The fourth-order valence-corrected chi connectivity index (χ4v) is 3.61. The second-order valence-corrected chi connectivity index (χ2v) is 6.97. The Morgan fingerprint density at radius 2 is 1.76 bits per heavy atom. The maximum Gasteiger partial charge on any atom is 0.223 e. The van der Waals surface area contributed by atoms with E-state index in [2.05, 4.69) is 15.6 Å². The fraction of sp³-hybridized carbons (Fsp3) is 0.632. The minimum atomic E-state index is 0.00549. The topological polar surface area (TPSA) is 80.3 Å². The molecule has 0 bridgehead atoms. The Morgan fingerprint density at radius 3 is 2.36 bits per heavy atom. The van der Waals surface area contributed by atoms with Gasteiger partial charge in [-0.15, -0.1) is 0 Å². The van der Waals surface area contributed by atoms with E-state index in [0.717, 1.165) is 50.8 Å². The molecule has 25 heavy (non-hydrogen) atoms. The highest BCUT2D eigenvalue weighted by Gasteiger charge is 2.30. The van der Waals surface area contributed by atoms with Crippen LogP contribution in [-0.4, -0.2) is 36.1 Å². The van der Waals surface area contributed by atoms with E-state index in [1.165, 1.54) is 0 Å². The summed E-state index contributed by atoms with van der Waals surface area (Å²) < 4.78 is 5.53. The highest BCUT2D eigenvalue weighted by Crippen LogP contribution is 2.29. The normalized spacial score (nSPS) is 26.2. The Morgan fingerprint density at radius 1 is 1.04 bits per heavy atom. The number of rotatable bonds is 6. The van der Waals surface area contributed by atoms with Crippen molar-refractivity contribution in [3.05, 3.63) is 30.1 Å². The Bertz CT molecular complexity index is 565. The van der Waals surface area contributed by atoms with E-state index in [0.29, 0.717) is 13.1 Å². The molecule has 0 spiro atoms. The summed E-state index contributed by atoms with van der Waals surface area (Å²) >= 11 is 0. The number of nitrogens with zero attached hydrogens (tertiary/aromatic N) is 1. The highest BCUT2D eigenvalue weighted by molar-refractivity contribution is 5.81. The molecule has 6 heteroatoms. The zero-order valence-corrected chi connectivity index (χ0v) is 14.6. The molecule has 2 fully saturated rings. The molecular weight excluding hydrogens is 318 g/mol. The molecule has 2 heterocycles. The molecule has 1 saturated carbocycles. The predicted octanol–water partition coefficient (Wildman–Crippen LogP) is 1.80. The average Bonchev–Trinajstić information content (AvgIpc) is 3.19. The third-order valence-corrected chi connectivity index (χ3v) is 5.17. The van der Waals surface area contributed by atoms with Gasteiger partial charge < -0.3 is 15.4 Å². The molecule has 2 amide bonds. The molecule has 1 unspecified atom stereocenters.